The van der Waals surface area contributed by atoms with Crippen LogP contribution in [0, 0.1) is 23.2 Å². The van der Waals surface area contributed by atoms with Crippen LogP contribution in [-0.2, 0) is 0 Å². The summed E-state index contributed by atoms with van der Waals surface area (Å²) in [6, 6.07) is 7.87. The summed E-state index contributed by atoms with van der Waals surface area (Å²) in [6.45, 7) is 6.68. The van der Waals surface area contributed by atoms with Crippen LogP contribution in [0.15, 0.2) is 18.2 Å². The quantitative estimate of drug-likeness (QED) is 0.812. The third-order valence-corrected chi connectivity index (χ3v) is 3.96. The largest absolute Gasteiger partial charge is 0.399 e. The normalized spacial score (nSPS) is 16.9. The van der Waals surface area contributed by atoms with Gasteiger partial charge in [0.05, 0.1) is 11.3 Å². The summed E-state index contributed by atoms with van der Waals surface area (Å²) in [5.41, 5.74) is 8.11. The van der Waals surface area contributed by atoms with Gasteiger partial charge in [0.1, 0.15) is 6.07 Å². The van der Waals surface area contributed by atoms with Gasteiger partial charge in [-0.15, -0.1) is 0 Å². The lowest BCUT2D eigenvalue weighted by atomic mass is 9.86. The second-order valence-corrected chi connectivity index (χ2v) is 5.46. The standard InChI is InChI=1S/C15H21N3/c1-11(2)12-5-7-18(8-6-12)15-4-3-14(17)9-13(15)10-16/h3-4,9,11-12H,5-8,17H2,1-2H3. The first-order chi connectivity index (χ1) is 8.61. The molecule has 1 aliphatic heterocycles. The summed E-state index contributed by atoms with van der Waals surface area (Å²) in [4.78, 5) is 2.32. The second kappa shape index (κ2) is 5.30. The highest BCUT2D eigenvalue weighted by molar-refractivity contribution is 5.64. The van der Waals surface area contributed by atoms with E-state index in [2.05, 4.69) is 24.8 Å². The zero-order valence-corrected chi connectivity index (χ0v) is 11.2. The van der Waals surface area contributed by atoms with Crippen molar-refractivity contribution in [3.8, 4) is 6.07 Å². The molecular formula is C15H21N3. The van der Waals surface area contributed by atoms with Crippen molar-refractivity contribution in [2.45, 2.75) is 26.7 Å². The number of nitrogen functional groups attached to an aromatic ring is 1. The molecule has 3 nitrogen and oxygen atoms in total. The van der Waals surface area contributed by atoms with Gasteiger partial charge in [-0.05, 0) is 42.9 Å². The lowest BCUT2D eigenvalue weighted by Gasteiger charge is -2.35. The van der Waals surface area contributed by atoms with Crippen LogP contribution in [0.2, 0.25) is 0 Å². The Kier molecular flexibility index (Phi) is 3.76. The Labute approximate surface area is 109 Å². The van der Waals surface area contributed by atoms with Crippen LogP contribution in [0.4, 0.5) is 11.4 Å². The Bertz CT molecular complexity index is 451. The van der Waals surface area contributed by atoms with E-state index >= 15 is 0 Å². The monoisotopic (exact) mass is 243 g/mol. The molecule has 0 spiro atoms. The van der Waals surface area contributed by atoms with Crippen LogP contribution in [-0.4, -0.2) is 13.1 Å². The van der Waals surface area contributed by atoms with Crippen molar-refractivity contribution in [3.05, 3.63) is 23.8 Å². The molecule has 1 heterocycles. The Morgan fingerprint density at radius 2 is 2.00 bits per heavy atom. The summed E-state index contributed by atoms with van der Waals surface area (Å²) in [5, 5.41) is 9.18. The molecule has 2 N–H and O–H groups in total. The fourth-order valence-electron chi connectivity index (χ4n) is 2.73. The minimum absolute atomic E-state index is 0.660. The molecule has 1 aromatic carbocycles. The first-order valence-corrected chi connectivity index (χ1v) is 6.66. The molecule has 1 fully saturated rings. The van der Waals surface area contributed by atoms with Gasteiger partial charge in [-0.1, -0.05) is 13.8 Å². The average Bonchev–Trinajstić information content (AvgIpc) is 2.38. The van der Waals surface area contributed by atoms with Crippen LogP contribution in [0.5, 0.6) is 0 Å². The molecule has 3 heteroatoms. The van der Waals surface area contributed by atoms with Crippen molar-refractivity contribution >= 4 is 11.4 Å². The molecule has 2 rings (SSSR count). The lowest BCUT2D eigenvalue weighted by Crippen LogP contribution is -2.35. The lowest BCUT2D eigenvalue weighted by molar-refractivity contribution is 0.311. The van der Waals surface area contributed by atoms with Crippen molar-refractivity contribution in [1.82, 2.24) is 0 Å². The van der Waals surface area contributed by atoms with Gasteiger partial charge < -0.3 is 10.6 Å². The zero-order valence-electron chi connectivity index (χ0n) is 11.2. The molecule has 0 saturated carbocycles. The number of nitrogens with zero attached hydrogens (tertiary/aromatic N) is 2. The Morgan fingerprint density at radius 1 is 1.33 bits per heavy atom. The van der Waals surface area contributed by atoms with E-state index < -0.39 is 0 Å². The molecule has 0 amide bonds. The average molecular weight is 243 g/mol. The number of nitrogens with two attached hydrogens (primary N) is 1. The van der Waals surface area contributed by atoms with E-state index in [0.29, 0.717) is 11.3 Å². The van der Waals surface area contributed by atoms with Crippen molar-refractivity contribution in [1.29, 1.82) is 5.26 Å². The van der Waals surface area contributed by atoms with Crippen LogP contribution in [0.25, 0.3) is 0 Å². The van der Waals surface area contributed by atoms with Gasteiger partial charge in [-0.3, -0.25) is 0 Å². The molecule has 1 aromatic rings. The minimum atomic E-state index is 0.660. The number of benzene rings is 1. The van der Waals surface area contributed by atoms with Crippen LogP contribution in [0.1, 0.15) is 32.3 Å². The minimum Gasteiger partial charge on any atom is -0.399 e. The number of anilines is 2. The van der Waals surface area contributed by atoms with Crippen molar-refractivity contribution in [2.24, 2.45) is 11.8 Å². The van der Waals surface area contributed by atoms with Gasteiger partial charge in [-0.25, -0.2) is 0 Å². The van der Waals surface area contributed by atoms with E-state index in [1.807, 2.05) is 12.1 Å². The molecule has 1 saturated heterocycles. The van der Waals surface area contributed by atoms with E-state index in [1.54, 1.807) is 6.07 Å². The molecular weight excluding hydrogens is 222 g/mol. The highest BCUT2D eigenvalue weighted by Gasteiger charge is 2.22. The van der Waals surface area contributed by atoms with E-state index in [1.165, 1.54) is 12.8 Å². The number of hydrogen-bond acceptors (Lipinski definition) is 3. The van der Waals surface area contributed by atoms with E-state index in [0.717, 1.165) is 30.6 Å². The molecule has 1 aliphatic rings. The van der Waals surface area contributed by atoms with Gasteiger partial charge in [0.15, 0.2) is 0 Å². The molecule has 18 heavy (non-hydrogen) atoms. The molecule has 0 bridgehead atoms. The van der Waals surface area contributed by atoms with Crippen LogP contribution < -0.4 is 10.6 Å². The predicted molar refractivity (Wildman–Crippen MR) is 75.3 cm³/mol. The van der Waals surface area contributed by atoms with E-state index in [4.69, 9.17) is 5.73 Å². The second-order valence-electron chi connectivity index (χ2n) is 5.46. The van der Waals surface area contributed by atoms with Gasteiger partial charge in [0.25, 0.3) is 0 Å². The third-order valence-electron chi connectivity index (χ3n) is 3.96. The molecule has 0 aliphatic carbocycles. The first-order valence-electron chi connectivity index (χ1n) is 6.66. The number of rotatable bonds is 2. The van der Waals surface area contributed by atoms with Crippen molar-refractivity contribution in [3.63, 3.8) is 0 Å². The summed E-state index contributed by atoms with van der Waals surface area (Å²) in [5.74, 6) is 1.58. The topological polar surface area (TPSA) is 53.0 Å². The van der Waals surface area contributed by atoms with Gasteiger partial charge >= 0.3 is 0 Å². The Balaban J connectivity index is 2.13. The molecule has 0 radical (unpaired) electrons. The van der Waals surface area contributed by atoms with Crippen molar-refractivity contribution < 1.29 is 0 Å². The molecule has 0 atom stereocenters. The Morgan fingerprint density at radius 3 is 2.56 bits per heavy atom. The van der Waals surface area contributed by atoms with E-state index in [-0.39, 0.29) is 0 Å². The summed E-state index contributed by atoms with van der Waals surface area (Å²) >= 11 is 0. The fraction of sp³-hybridized carbons (Fsp3) is 0.533. The maximum Gasteiger partial charge on any atom is 0.101 e. The summed E-state index contributed by atoms with van der Waals surface area (Å²) in [6.07, 6.45) is 2.43. The number of hydrogen-bond donors (Lipinski definition) is 1. The highest BCUT2D eigenvalue weighted by atomic mass is 15.1. The summed E-state index contributed by atoms with van der Waals surface area (Å²) < 4.78 is 0. The third kappa shape index (κ3) is 2.59. The van der Waals surface area contributed by atoms with Gasteiger partial charge in [0.2, 0.25) is 0 Å². The van der Waals surface area contributed by atoms with Gasteiger partial charge in [-0.2, -0.15) is 5.26 Å². The smallest absolute Gasteiger partial charge is 0.101 e. The molecule has 96 valence electrons. The van der Waals surface area contributed by atoms with Crippen molar-refractivity contribution in [2.75, 3.05) is 23.7 Å². The van der Waals surface area contributed by atoms with E-state index in [9.17, 15) is 5.26 Å². The highest BCUT2D eigenvalue weighted by Crippen LogP contribution is 2.30. The Hall–Kier alpha value is -1.69. The maximum atomic E-state index is 9.18. The predicted octanol–water partition coefficient (Wildman–Crippen LogP) is 3.01. The first kappa shape index (κ1) is 12.8. The van der Waals surface area contributed by atoms with Crippen LogP contribution >= 0.6 is 0 Å². The maximum absolute atomic E-state index is 9.18. The number of piperidine rings is 1. The molecule has 0 aromatic heterocycles. The summed E-state index contributed by atoms with van der Waals surface area (Å²) in [7, 11) is 0. The van der Waals surface area contributed by atoms with Crippen LogP contribution in [0.3, 0.4) is 0 Å². The van der Waals surface area contributed by atoms with Gasteiger partial charge in [0, 0.05) is 18.8 Å². The SMILES string of the molecule is CC(C)C1CCN(c2ccc(N)cc2C#N)CC1. The number of nitriles is 1. The molecule has 0 unspecified atom stereocenters. The fourth-order valence-corrected chi connectivity index (χ4v) is 2.73. The zero-order chi connectivity index (χ0) is 13.1.